The Hall–Kier alpha value is -1.79. The molecule has 2 heterocycles. The first-order valence-corrected chi connectivity index (χ1v) is 8.04. The highest BCUT2D eigenvalue weighted by Gasteiger charge is 2.56. The molecule has 3 rings (SSSR count). The number of alkyl halides is 1. The number of nitrogens with zero attached hydrogens (tertiary/aromatic N) is 2. The van der Waals surface area contributed by atoms with Crippen LogP contribution < -0.4 is 0 Å². The molecular formula is C15H13ClN2O3S. The number of halogens is 1. The maximum absolute atomic E-state index is 12.2. The highest BCUT2D eigenvalue weighted by molar-refractivity contribution is 8.15. The zero-order valence-electron chi connectivity index (χ0n) is 11.5. The summed E-state index contributed by atoms with van der Waals surface area (Å²) >= 11 is 7.10. The van der Waals surface area contributed by atoms with Crippen LogP contribution >= 0.6 is 23.4 Å². The molecule has 1 saturated heterocycles. The molecular weight excluding hydrogens is 324 g/mol. The van der Waals surface area contributed by atoms with E-state index in [0.29, 0.717) is 5.57 Å². The number of carboxylic acids is 1. The van der Waals surface area contributed by atoms with Crippen molar-refractivity contribution in [3.8, 4) is 0 Å². The summed E-state index contributed by atoms with van der Waals surface area (Å²) in [5, 5.41) is 9.83. The van der Waals surface area contributed by atoms with E-state index in [4.69, 9.17) is 11.6 Å². The summed E-state index contributed by atoms with van der Waals surface area (Å²) in [6.07, 6.45) is 0. The van der Waals surface area contributed by atoms with Crippen LogP contribution in [0.25, 0.3) is 0 Å². The molecule has 0 radical (unpaired) electrons. The van der Waals surface area contributed by atoms with Gasteiger partial charge in [0.2, 0.25) is 0 Å². The highest BCUT2D eigenvalue weighted by Crippen LogP contribution is 2.42. The third kappa shape index (κ3) is 2.32. The van der Waals surface area contributed by atoms with Crippen LogP contribution in [-0.4, -0.2) is 50.3 Å². The van der Waals surface area contributed by atoms with Gasteiger partial charge in [0.15, 0.2) is 12.1 Å². The van der Waals surface area contributed by atoms with Crippen molar-refractivity contribution < 1.29 is 14.7 Å². The van der Waals surface area contributed by atoms with Gasteiger partial charge < -0.3 is 10.0 Å². The first-order valence-electron chi connectivity index (χ1n) is 6.63. The minimum Gasteiger partial charge on any atom is -0.479 e. The molecule has 0 saturated carbocycles. The summed E-state index contributed by atoms with van der Waals surface area (Å²) in [7, 11) is 0. The smallest absolute Gasteiger partial charge is 0.330 e. The fourth-order valence-electron chi connectivity index (χ4n) is 2.54. The third-order valence-corrected chi connectivity index (χ3v) is 5.27. The van der Waals surface area contributed by atoms with Gasteiger partial charge in [0.05, 0.1) is 0 Å². The van der Waals surface area contributed by atoms with Crippen LogP contribution in [0.1, 0.15) is 5.56 Å². The number of fused-ring (bicyclic) bond motifs is 1. The number of β-lactam (4-membered cyclic amide) rings is 1. The van der Waals surface area contributed by atoms with Gasteiger partial charge in [0.25, 0.3) is 5.91 Å². The largest absolute Gasteiger partial charge is 0.479 e. The van der Waals surface area contributed by atoms with E-state index in [9.17, 15) is 14.7 Å². The van der Waals surface area contributed by atoms with Crippen LogP contribution in [0.3, 0.4) is 0 Å². The van der Waals surface area contributed by atoms with Crippen LogP contribution in [-0.2, 0) is 9.59 Å². The monoisotopic (exact) mass is 336 g/mol. The standard InChI is InChI=1S/C15H13ClN2O3S/c1-8(7-16)11(15(20)21)18-13(19)10-14(18)22-12(17-10)9-5-3-2-4-6-9/h2-6,10-11,14H,1,7H2,(H,20,21). The first-order chi connectivity index (χ1) is 10.5. The Morgan fingerprint density at radius 1 is 1.45 bits per heavy atom. The molecule has 114 valence electrons. The number of aliphatic carboxylic acids is 1. The number of thioether (sulfide) groups is 1. The zero-order valence-corrected chi connectivity index (χ0v) is 13.0. The lowest BCUT2D eigenvalue weighted by molar-refractivity contribution is -0.157. The van der Waals surface area contributed by atoms with E-state index in [1.54, 1.807) is 0 Å². The molecule has 1 N–H and O–H groups in total. The number of benzene rings is 1. The van der Waals surface area contributed by atoms with Crippen molar-refractivity contribution in [1.82, 2.24) is 4.90 Å². The molecule has 7 heteroatoms. The number of carbonyl (C=O) groups is 2. The lowest BCUT2D eigenvalue weighted by atomic mass is 10.00. The molecule has 0 spiro atoms. The SMILES string of the molecule is C=C(CCl)C(C(=O)O)N1C(=O)C2N=C(c3ccccc3)SC21. The highest BCUT2D eigenvalue weighted by atomic mass is 35.5. The third-order valence-electron chi connectivity index (χ3n) is 3.63. The van der Waals surface area contributed by atoms with Gasteiger partial charge in [0, 0.05) is 11.4 Å². The zero-order chi connectivity index (χ0) is 15.9. The van der Waals surface area contributed by atoms with Crippen molar-refractivity contribution in [2.24, 2.45) is 4.99 Å². The summed E-state index contributed by atoms with van der Waals surface area (Å²) < 4.78 is 0. The summed E-state index contributed by atoms with van der Waals surface area (Å²) in [4.78, 5) is 29.4. The quantitative estimate of drug-likeness (QED) is 0.507. The lowest BCUT2D eigenvalue weighted by Gasteiger charge is -2.44. The normalized spacial score (nSPS) is 24.3. The Balaban J connectivity index is 1.83. The second kappa shape index (κ2) is 5.78. The van der Waals surface area contributed by atoms with E-state index >= 15 is 0 Å². The van der Waals surface area contributed by atoms with Crippen molar-refractivity contribution in [3.05, 3.63) is 48.0 Å². The summed E-state index contributed by atoms with van der Waals surface area (Å²) in [6, 6.07) is 7.92. The first kappa shape index (κ1) is 15.1. The second-order valence-corrected chi connectivity index (χ2v) is 6.40. The number of carboxylic acid groups (broad SMARTS) is 1. The van der Waals surface area contributed by atoms with Crippen LogP contribution in [0.4, 0.5) is 0 Å². The molecule has 1 aromatic rings. The van der Waals surface area contributed by atoms with Crippen LogP contribution in [0.15, 0.2) is 47.5 Å². The van der Waals surface area contributed by atoms with Crippen LogP contribution in [0.5, 0.6) is 0 Å². The van der Waals surface area contributed by atoms with Gasteiger partial charge in [0.1, 0.15) is 10.4 Å². The van der Waals surface area contributed by atoms with E-state index in [1.807, 2.05) is 30.3 Å². The maximum Gasteiger partial charge on any atom is 0.330 e. The number of hydrogen-bond acceptors (Lipinski definition) is 4. The Morgan fingerprint density at radius 2 is 2.14 bits per heavy atom. The van der Waals surface area contributed by atoms with Crippen molar-refractivity contribution in [1.29, 1.82) is 0 Å². The molecule has 3 atom stereocenters. The average Bonchev–Trinajstić information content (AvgIpc) is 2.92. The number of hydrogen-bond donors (Lipinski definition) is 1. The topological polar surface area (TPSA) is 70.0 Å². The average molecular weight is 337 g/mol. The number of carbonyl (C=O) groups excluding carboxylic acids is 1. The molecule has 3 unspecified atom stereocenters. The summed E-state index contributed by atoms with van der Waals surface area (Å²) in [5.41, 5.74) is 1.23. The molecule has 0 aromatic heterocycles. The van der Waals surface area contributed by atoms with Gasteiger partial charge >= 0.3 is 5.97 Å². The maximum atomic E-state index is 12.2. The Kier molecular flexibility index (Phi) is 3.97. The fraction of sp³-hybridized carbons (Fsp3) is 0.267. The molecule has 0 aliphatic carbocycles. The molecule has 22 heavy (non-hydrogen) atoms. The number of aliphatic imine (C=N–C) groups is 1. The van der Waals surface area contributed by atoms with Gasteiger partial charge in [-0.25, -0.2) is 4.79 Å². The summed E-state index contributed by atoms with van der Waals surface area (Å²) in [6.45, 7) is 3.67. The van der Waals surface area contributed by atoms with Crippen molar-refractivity contribution in [3.63, 3.8) is 0 Å². The Morgan fingerprint density at radius 3 is 2.73 bits per heavy atom. The Labute approximate surface area is 136 Å². The van der Waals surface area contributed by atoms with Gasteiger partial charge in [-0.1, -0.05) is 48.7 Å². The van der Waals surface area contributed by atoms with Gasteiger partial charge in [-0.15, -0.1) is 11.6 Å². The second-order valence-electron chi connectivity index (χ2n) is 5.03. The fourth-order valence-corrected chi connectivity index (χ4v) is 4.01. The minimum absolute atomic E-state index is 0.00476. The summed E-state index contributed by atoms with van der Waals surface area (Å²) in [5.74, 6) is -1.41. The van der Waals surface area contributed by atoms with E-state index in [2.05, 4.69) is 11.6 Å². The molecule has 5 nitrogen and oxygen atoms in total. The van der Waals surface area contributed by atoms with E-state index in [-0.39, 0.29) is 17.2 Å². The molecule has 0 bridgehead atoms. The van der Waals surface area contributed by atoms with E-state index in [0.717, 1.165) is 10.6 Å². The van der Waals surface area contributed by atoms with Gasteiger partial charge in [-0.05, 0) is 5.57 Å². The molecule has 2 aliphatic heterocycles. The predicted molar refractivity (Wildman–Crippen MR) is 86.3 cm³/mol. The van der Waals surface area contributed by atoms with Crippen LogP contribution in [0, 0.1) is 0 Å². The van der Waals surface area contributed by atoms with Crippen molar-refractivity contribution in [2.75, 3.05) is 5.88 Å². The molecule has 1 aromatic carbocycles. The number of likely N-dealkylation sites (tertiary alicyclic amines) is 1. The predicted octanol–water partition coefficient (Wildman–Crippen LogP) is 1.97. The molecule has 1 amide bonds. The molecule has 2 aliphatic rings. The van der Waals surface area contributed by atoms with Gasteiger partial charge in [-0.2, -0.15) is 0 Å². The number of rotatable bonds is 5. The van der Waals surface area contributed by atoms with E-state index in [1.165, 1.54) is 16.7 Å². The van der Waals surface area contributed by atoms with Crippen molar-refractivity contribution >= 4 is 40.3 Å². The molecule has 1 fully saturated rings. The minimum atomic E-state index is -1.12. The van der Waals surface area contributed by atoms with E-state index < -0.39 is 18.1 Å². The van der Waals surface area contributed by atoms with Crippen molar-refractivity contribution in [2.45, 2.75) is 17.5 Å². The Bertz CT molecular complexity index is 677. The van der Waals surface area contributed by atoms with Gasteiger partial charge in [-0.3, -0.25) is 9.79 Å². The lowest BCUT2D eigenvalue weighted by Crippen LogP contribution is -2.66. The number of amides is 1. The van der Waals surface area contributed by atoms with Crippen LogP contribution in [0.2, 0.25) is 0 Å².